The molecule has 0 spiro atoms. The summed E-state index contributed by atoms with van der Waals surface area (Å²) in [7, 11) is 0. The Kier molecular flexibility index (Phi) is 4.42. The lowest BCUT2D eigenvalue weighted by molar-refractivity contribution is -0.139. The maximum absolute atomic E-state index is 12.3. The molecule has 2 heterocycles. The van der Waals surface area contributed by atoms with Crippen LogP contribution in [-0.4, -0.2) is 39.8 Å². The molecule has 116 valence electrons. The maximum Gasteiger partial charge on any atom is 0.263 e. The van der Waals surface area contributed by atoms with Crippen LogP contribution in [0.25, 0.3) is 5.69 Å². The first-order valence-electron chi connectivity index (χ1n) is 7.80. The Bertz CT molecular complexity index is 618. The molecule has 2 aromatic rings. The van der Waals surface area contributed by atoms with Gasteiger partial charge in [-0.05, 0) is 38.3 Å². The van der Waals surface area contributed by atoms with Gasteiger partial charge in [-0.3, -0.25) is 4.79 Å². The highest BCUT2D eigenvalue weighted by molar-refractivity contribution is 5.80. The van der Waals surface area contributed by atoms with Crippen LogP contribution in [0.3, 0.4) is 0 Å². The first-order valence-corrected chi connectivity index (χ1v) is 7.80. The summed E-state index contributed by atoms with van der Waals surface area (Å²) in [6.45, 7) is 3.47. The quantitative estimate of drug-likeness (QED) is 0.872. The van der Waals surface area contributed by atoms with Crippen molar-refractivity contribution in [3.05, 3.63) is 42.6 Å². The maximum atomic E-state index is 12.3. The Balaban J connectivity index is 1.63. The third-order valence-corrected chi connectivity index (χ3v) is 3.90. The summed E-state index contributed by atoms with van der Waals surface area (Å²) < 4.78 is 7.45. The van der Waals surface area contributed by atoms with Crippen molar-refractivity contribution in [3.8, 4) is 11.6 Å². The number of hydrogen-bond acceptors (Lipinski definition) is 3. The zero-order chi connectivity index (χ0) is 15.4. The molecule has 0 bridgehead atoms. The third-order valence-electron chi connectivity index (χ3n) is 3.90. The average molecular weight is 299 g/mol. The predicted molar refractivity (Wildman–Crippen MR) is 84.1 cm³/mol. The number of carbonyl (C=O) groups excluding carboxylic acids is 1. The molecule has 1 aliphatic rings. The van der Waals surface area contributed by atoms with Crippen LogP contribution < -0.4 is 4.74 Å². The molecule has 0 radical (unpaired) electrons. The van der Waals surface area contributed by atoms with Gasteiger partial charge in [0.1, 0.15) is 0 Å². The number of rotatable bonds is 4. The number of ether oxygens (including phenoxy) is 1. The Morgan fingerprint density at radius 1 is 1.14 bits per heavy atom. The molecule has 1 atom stereocenters. The number of carbonyl (C=O) groups is 1. The van der Waals surface area contributed by atoms with Gasteiger partial charge in [-0.25, -0.2) is 4.68 Å². The smallest absolute Gasteiger partial charge is 0.263 e. The van der Waals surface area contributed by atoms with E-state index in [0.29, 0.717) is 5.88 Å². The monoisotopic (exact) mass is 299 g/mol. The van der Waals surface area contributed by atoms with Gasteiger partial charge in [0.2, 0.25) is 5.88 Å². The predicted octanol–water partition coefficient (Wildman–Crippen LogP) is 2.65. The fraction of sp³-hybridized carbons (Fsp3) is 0.412. The van der Waals surface area contributed by atoms with E-state index in [2.05, 4.69) is 5.10 Å². The van der Waals surface area contributed by atoms with Crippen LogP contribution in [0.15, 0.2) is 42.6 Å². The van der Waals surface area contributed by atoms with E-state index >= 15 is 0 Å². The summed E-state index contributed by atoms with van der Waals surface area (Å²) in [5.74, 6) is 0.524. The molecule has 1 amide bonds. The molecule has 0 unspecified atom stereocenters. The molecule has 5 heteroatoms. The summed E-state index contributed by atoms with van der Waals surface area (Å²) in [5, 5.41) is 4.37. The standard InChI is InChI=1S/C17H21N3O2/c1-14(17(21)19-11-6-3-7-12-19)22-16-10-13-20(18-16)15-8-4-2-5-9-15/h2,4-5,8-10,13-14H,3,6-7,11-12H2,1H3/t14-/m0/s1. The minimum absolute atomic E-state index is 0.0500. The highest BCUT2D eigenvalue weighted by Crippen LogP contribution is 2.15. The molecule has 0 N–H and O–H groups in total. The van der Waals surface area contributed by atoms with Crippen LogP contribution in [0.5, 0.6) is 5.88 Å². The van der Waals surface area contributed by atoms with E-state index in [4.69, 9.17) is 4.74 Å². The van der Waals surface area contributed by atoms with E-state index < -0.39 is 6.10 Å². The Morgan fingerprint density at radius 2 is 1.86 bits per heavy atom. The van der Waals surface area contributed by atoms with E-state index in [-0.39, 0.29) is 5.91 Å². The second-order valence-corrected chi connectivity index (χ2v) is 5.58. The van der Waals surface area contributed by atoms with Gasteiger partial charge in [-0.1, -0.05) is 18.2 Å². The highest BCUT2D eigenvalue weighted by atomic mass is 16.5. The van der Waals surface area contributed by atoms with Crippen molar-refractivity contribution in [3.63, 3.8) is 0 Å². The van der Waals surface area contributed by atoms with Crippen molar-refractivity contribution >= 4 is 5.91 Å². The molecular formula is C17H21N3O2. The van der Waals surface area contributed by atoms with Gasteiger partial charge in [-0.2, -0.15) is 0 Å². The molecule has 1 aromatic carbocycles. The van der Waals surface area contributed by atoms with Crippen molar-refractivity contribution in [1.29, 1.82) is 0 Å². The molecule has 1 saturated heterocycles. The van der Waals surface area contributed by atoms with Gasteiger partial charge in [0, 0.05) is 25.4 Å². The fourth-order valence-corrected chi connectivity index (χ4v) is 2.70. The van der Waals surface area contributed by atoms with Gasteiger partial charge >= 0.3 is 0 Å². The molecule has 5 nitrogen and oxygen atoms in total. The molecule has 3 rings (SSSR count). The van der Waals surface area contributed by atoms with E-state index in [1.165, 1.54) is 6.42 Å². The Labute approximate surface area is 130 Å². The first kappa shape index (κ1) is 14.6. The van der Waals surface area contributed by atoms with E-state index in [1.54, 1.807) is 17.7 Å². The zero-order valence-electron chi connectivity index (χ0n) is 12.8. The van der Waals surface area contributed by atoms with Crippen molar-refractivity contribution in [2.45, 2.75) is 32.3 Å². The number of nitrogens with zero attached hydrogens (tertiary/aromatic N) is 3. The normalized spacial score (nSPS) is 16.3. The van der Waals surface area contributed by atoms with E-state index in [0.717, 1.165) is 31.6 Å². The topological polar surface area (TPSA) is 47.4 Å². The number of hydrogen-bond donors (Lipinski definition) is 0. The van der Waals surface area contributed by atoms with Crippen LogP contribution in [0.4, 0.5) is 0 Å². The van der Waals surface area contributed by atoms with Crippen molar-refractivity contribution < 1.29 is 9.53 Å². The number of piperidine rings is 1. The lowest BCUT2D eigenvalue weighted by Gasteiger charge is -2.28. The molecule has 0 saturated carbocycles. The highest BCUT2D eigenvalue weighted by Gasteiger charge is 2.24. The molecular weight excluding hydrogens is 278 g/mol. The summed E-state index contributed by atoms with van der Waals surface area (Å²) >= 11 is 0. The summed E-state index contributed by atoms with van der Waals surface area (Å²) in [5.41, 5.74) is 0.965. The molecule has 1 aromatic heterocycles. The van der Waals surface area contributed by atoms with Crippen LogP contribution in [-0.2, 0) is 4.79 Å². The minimum atomic E-state index is -0.503. The van der Waals surface area contributed by atoms with Crippen molar-refractivity contribution in [2.75, 3.05) is 13.1 Å². The number of aromatic nitrogens is 2. The number of para-hydroxylation sites is 1. The molecule has 22 heavy (non-hydrogen) atoms. The van der Waals surface area contributed by atoms with Gasteiger partial charge in [0.05, 0.1) is 5.69 Å². The van der Waals surface area contributed by atoms with Crippen LogP contribution in [0, 0.1) is 0 Å². The second kappa shape index (κ2) is 6.64. The number of amides is 1. The van der Waals surface area contributed by atoms with Crippen LogP contribution in [0.2, 0.25) is 0 Å². The number of benzene rings is 1. The summed E-state index contributed by atoms with van der Waals surface area (Å²) in [6.07, 6.45) is 4.71. The fourth-order valence-electron chi connectivity index (χ4n) is 2.70. The average Bonchev–Trinajstić information content (AvgIpc) is 3.04. The molecule has 0 aliphatic carbocycles. The number of likely N-dealkylation sites (tertiary alicyclic amines) is 1. The van der Waals surface area contributed by atoms with Crippen molar-refractivity contribution in [2.24, 2.45) is 0 Å². The minimum Gasteiger partial charge on any atom is -0.463 e. The van der Waals surface area contributed by atoms with Gasteiger partial charge in [-0.15, -0.1) is 5.10 Å². The van der Waals surface area contributed by atoms with Crippen LogP contribution >= 0.6 is 0 Å². The van der Waals surface area contributed by atoms with Crippen molar-refractivity contribution in [1.82, 2.24) is 14.7 Å². The summed E-state index contributed by atoms with van der Waals surface area (Å²) in [6, 6.07) is 11.6. The van der Waals surface area contributed by atoms with Gasteiger partial charge < -0.3 is 9.64 Å². The Hall–Kier alpha value is -2.30. The van der Waals surface area contributed by atoms with Gasteiger partial charge in [0.25, 0.3) is 5.91 Å². The zero-order valence-corrected chi connectivity index (χ0v) is 12.8. The molecule has 1 fully saturated rings. The Morgan fingerprint density at radius 3 is 2.59 bits per heavy atom. The lowest BCUT2D eigenvalue weighted by atomic mass is 10.1. The van der Waals surface area contributed by atoms with E-state index in [1.807, 2.05) is 41.4 Å². The van der Waals surface area contributed by atoms with Crippen LogP contribution in [0.1, 0.15) is 26.2 Å². The molecule has 1 aliphatic heterocycles. The summed E-state index contributed by atoms with van der Waals surface area (Å²) in [4.78, 5) is 14.2. The largest absolute Gasteiger partial charge is 0.463 e. The second-order valence-electron chi connectivity index (χ2n) is 5.58. The van der Waals surface area contributed by atoms with Gasteiger partial charge in [0.15, 0.2) is 6.10 Å². The van der Waals surface area contributed by atoms with E-state index in [9.17, 15) is 4.79 Å². The SMILES string of the molecule is C[C@H](Oc1ccn(-c2ccccc2)n1)C(=O)N1CCCCC1. The third kappa shape index (κ3) is 3.30. The first-order chi connectivity index (χ1) is 10.7. The lowest BCUT2D eigenvalue weighted by Crippen LogP contribution is -2.43.